The minimum atomic E-state index is 0.0845. The fourth-order valence-corrected chi connectivity index (χ4v) is 4.55. The van der Waals surface area contributed by atoms with Gasteiger partial charge < -0.3 is 15.1 Å². The van der Waals surface area contributed by atoms with E-state index in [4.69, 9.17) is 0 Å². The fraction of sp³-hybridized carbons (Fsp3) is 0.650. The third-order valence-electron chi connectivity index (χ3n) is 6.07. The molecule has 5 nitrogen and oxygen atoms in total. The van der Waals surface area contributed by atoms with Crippen LogP contribution in [0.15, 0.2) is 30.3 Å². The minimum absolute atomic E-state index is 0.0845. The maximum Gasteiger partial charge on any atom is 0.244 e. The van der Waals surface area contributed by atoms with E-state index >= 15 is 0 Å². The number of hydrogen-bond acceptors (Lipinski definition) is 4. The van der Waals surface area contributed by atoms with Crippen LogP contribution in [0.5, 0.6) is 0 Å². The summed E-state index contributed by atoms with van der Waals surface area (Å²) in [5.74, 6) is 1.15. The molecule has 0 aromatic heterocycles. The molecule has 1 atom stereocenters. The molecule has 1 N–H and O–H groups in total. The molecular weight excluding hydrogens is 312 g/mol. The number of carbonyl (C=O) groups is 1. The number of benzene rings is 1. The van der Waals surface area contributed by atoms with E-state index < -0.39 is 0 Å². The maximum atomic E-state index is 12.9. The van der Waals surface area contributed by atoms with Crippen LogP contribution in [-0.2, 0) is 4.79 Å². The summed E-state index contributed by atoms with van der Waals surface area (Å²) in [6.07, 6.45) is 3.59. The van der Waals surface area contributed by atoms with Gasteiger partial charge >= 0.3 is 0 Å². The molecule has 0 bridgehead atoms. The Morgan fingerprint density at radius 3 is 2.36 bits per heavy atom. The number of nitrogens with one attached hydrogen (secondary N) is 1. The Morgan fingerprint density at radius 2 is 1.64 bits per heavy atom. The number of para-hydroxylation sites is 1. The van der Waals surface area contributed by atoms with Crippen LogP contribution in [0.25, 0.3) is 0 Å². The van der Waals surface area contributed by atoms with E-state index in [-0.39, 0.29) is 11.9 Å². The smallest absolute Gasteiger partial charge is 0.244 e. The molecule has 5 heteroatoms. The molecule has 1 aromatic carbocycles. The molecule has 0 spiro atoms. The van der Waals surface area contributed by atoms with Crippen molar-refractivity contribution in [2.45, 2.75) is 25.3 Å². The predicted molar refractivity (Wildman–Crippen MR) is 101 cm³/mol. The highest BCUT2D eigenvalue weighted by atomic mass is 16.2. The van der Waals surface area contributed by atoms with Gasteiger partial charge in [-0.25, -0.2) is 0 Å². The summed E-state index contributed by atoms with van der Waals surface area (Å²) in [6, 6.07) is 10.2. The summed E-state index contributed by atoms with van der Waals surface area (Å²) in [4.78, 5) is 19.9. The van der Waals surface area contributed by atoms with Gasteiger partial charge in [0.2, 0.25) is 5.91 Å². The summed E-state index contributed by atoms with van der Waals surface area (Å²) in [6.45, 7) is 8.73. The standard InChI is InChI=1S/C20H30N4O/c25-20-19(8-11-24(20)18-4-2-1-3-5-18)23-14-12-22(13-15-23)16-17-6-9-21-10-7-17/h1-5,17,19,21H,6-16H2. The lowest BCUT2D eigenvalue weighted by Gasteiger charge is -2.39. The average Bonchev–Trinajstić information content (AvgIpc) is 3.05. The second-order valence-electron chi connectivity index (χ2n) is 7.66. The Labute approximate surface area is 151 Å². The van der Waals surface area contributed by atoms with Gasteiger partial charge in [-0.15, -0.1) is 0 Å². The quantitative estimate of drug-likeness (QED) is 0.898. The number of amides is 1. The van der Waals surface area contributed by atoms with Crippen molar-refractivity contribution in [1.82, 2.24) is 15.1 Å². The van der Waals surface area contributed by atoms with Crippen molar-refractivity contribution in [3.05, 3.63) is 30.3 Å². The Bertz CT molecular complexity index is 564. The Morgan fingerprint density at radius 1 is 0.920 bits per heavy atom. The molecular formula is C20H30N4O. The molecule has 0 radical (unpaired) electrons. The van der Waals surface area contributed by atoms with Gasteiger partial charge in [-0.3, -0.25) is 9.69 Å². The molecule has 3 fully saturated rings. The van der Waals surface area contributed by atoms with Gasteiger partial charge in [0, 0.05) is 45.0 Å². The summed E-state index contributed by atoms with van der Waals surface area (Å²) >= 11 is 0. The monoisotopic (exact) mass is 342 g/mol. The number of piperidine rings is 1. The molecule has 0 saturated carbocycles. The molecule has 1 aromatic rings. The zero-order chi connectivity index (χ0) is 17.1. The van der Waals surface area contributed by atoms with Crippen LogP contribution in [0.3, 0.4) is 0 Å². The number of hydrogen-bond donors (Lipinski definition) is 1. The van der Waals surface area contributed by atoms with Crippen LogP contribution < -0.4 is 10.2 Å². The lowest BCUT2D eigenvalue weighted by molar-refractivity contribution is -0.122. The first-order chi connectivity index (χ1) is 12.3. The molecule has 1 amide bonds. The fourth-order valence-electron chi connectivity index (χ4n) is 4.55. The van der Waals surface area contributed by atoms with Crippen LogP contribution in [0.1, 0.15) is 19.3 Å². The summed E-state index contributed by atoms with van der Waals surface area (Å²) in [5.41, 5.74) is 1.04. The second-order valence-corrected chi connectivity index (χ2v) is 7.66. The van der Waals surface area contributed by atoms with Crippen molar-refractivity contribution in [2.75, 3.05) is 57.3 Å². The maximum absolute atomic E-state index is 12.9. The van der Waals surface area contributed by atoms with E-state index in [0.29, 0.717) is 0 Å². The molecule has 3 aliphatic rings. The van der Waals surface area contributed by atoms with E-state index in [1.54, 1.807) is 0 Å². The largest absolute Gasteiger partial charge is 0.317 e. The van der Waals surface area contributed by atoms with Gasteiger partial charge in [-0.2, -0.15) is 0 Å². The van der Waals surface area contributed by atoms with E-state index in [0.717, 1.165) is 50.7 Å². The normalized spacial score (nSPS) is 27.1. The molecule has 136 valence electrons. The predicted octanol–water partition coefficient (Wildman–Crippen LogP) is 1.41. The second kappa shape index (κ2) is 7.85. The summed E-state index contributed by atoms with van der Waals surface area (Å²) < 4.78 is 0. The third-order valence-corrected chi connectivity index (χ3v) is 6.07. The highest BCUT2D eigenvalue weighted by Crippen LogP contribution is 2.25. The SMILES string of the molecule is O=C1C(N2CCN(CC3CCNCC3)CC2)CCN1c1ccccc1. The van der Waals surface area contributed by atoms with Crippen LogP contribution >= 0.6 is 0 Å². The van der Waals surface area contributed by atoms with Crippen molar-refractivity contribution in [3.63, 3.8) is 0 Å². The van der Waals surface area contributed by atoms with Gasteiger partial charge in [-0.05, 0) is 50.4 Å². The number of nitrogens with zero attached hydrogens (tertiary/aromatic N) is 3. The van der Waals surface area contributed by atoms with Crippen LogP contribution in [0, 0.1) is 5.92 Å². The zero-order valence-corrected chi connectivity index (χ0v) is 15.1. The number of piperazine rings is 1. The number of rotatable bonds is 4. The van der Waals surface area contributed by atoms with Crippen molar-refractivity contribution in [1.29, 1.82) is 0 Å². The number of anilines is 1. The van der Waals surface area contributed by atoms with E-state index in [9.17, 15) is 4.79 Å². The first-order valence-corrected chi connectivity index (χ1v) is 9.85. The van der Waals surface area contributed by atoms with Crippen LogP contribution in [0.4, 0.5) is 5.69 Å². The van der Waals surface area contributed by atoms with Crippen molar-refractivity contribution < 1.29 is 4.79 Å². The third kappa shape index (κ3) is 3.89. The van der Waals surface area contributed by atoms with E-state index in [2.05, 4.69) is 15.1 Å². The number of carbonyl (C=O) groups excluding carboxylic acids is 1. The molecule has 25 heavy (non-hydrogen) atoms. The van der Waals surface area contributed by atoms with Crippen LogP contribution in [-0.4, -0.2) is 74.1 Å². The molecule has 3 aliphatic heterocycles. The first-order valence-electron chi connectivity index (χ1n) is 9.85. The molecule has 4 rings (SSSR count). The molecule has 3 saturated heterocycles. The highest BCUT2D eigenvalue weighted by Gasteiger charge is 2.37. The van der Waals surface area contributed by atoms with E-state index in [1.165, 1.54) is 32.5 Å². The van der Waals surface area contributed by atoms with Crippen LogP contribution in [0.2, 0.25) is 0 Å². The molecule has 1 unspecified atom stereocenters. The average molecular weight is 342 g/mol. The van der Waals surface area contributed by atoms with E-state index in [1.807, 2.05) is 35.2 Å². The van der Waals surface area contributed by atoms with Crippen molar-refractivity contribution >= 4 is 11.6 Å². The summed E-state index contributed by atoms with van der Waals surface area (Å²) in [5, 5.41) is 3.45. The lowest BCUT2D eigenvalue weighted by Crippen LogP contribution is -2.53. The lowest BCUT2D eigenvalue weighted by atomic mass is 9.97. The Hall–Kier alpha value is -1.43. The highest BCUT2D eigenvalue weighted by molar-refractivity contribution is 5.99. The first kappa shape index (κ1) is 17.0. The van der Waals surface area contributed by atoms with Crippen molar-refractivity contribution in [3.8, 4) is 0 Å². The van der Waals surface area contributed by atoms with Gasteiger partial charge in [0.25, 0.3) is 0 Å². The van der Waals surface area contributed by atoms with Gasteiger partial charge in [0.1, 0.15) is 0 Å². The van der Waals surface area contributed by atoms with Gasteiger partial charge in [0.15, 0.2) is 0 Å². The zero-order valence-electron chi connectivity index (χ0n) is 15.1. The molecule has 0 aliphatic carbocycles. The topological polar surface area (TPSA) is 38.8 Å². The van der Waals surface area contributed by atoms with Crippen molar-refractivity contribution in [2.24, 2.45) is 5.92 Å². The minimum Gasteiger partial charge on any atom is -0.317 e. The molecule has 3 heterocycles. The summed E-state index contributed by atoms with van der Waals surface area (Å²) in [7, 11) is 0. The van der Waals surface area contributed by atoms with Gasteiger partial charge in [-0.1, -0.05) is 18.2 Å². The Kier molecular flexibility index (Phi) is 5.34. The Balaban J connectivity index is 1.28. The van der Waals surface area contributed by atoms with Gasteiger partial charge in [0.05, 0.1) is 6.04 Å².